The minimum absolute atomic E-state index is 0.152. The van der Waals surface area contributed by atoms with Crippen molar-refractivity contribution in [2.75, 3.05) is 13.1 Å². The molecule has 1 amide bonds. The van der Waals surface area contributed by atoms with Crippen LogP contribution in [0.4, 0.5) is 4.79 Å². The fourth-order valence-corrected chi connectivity index (χ4v) is 3.05. The fourth-order valence-electron chi connectivity index (χ4n) is 3.05. The molecule has 2 aliphatic rings. The highest BCUT2D eigenvalue weighted by Crippen LogP contribution is 2.46. The molecule has 1 aliphatic carbocycles. The van der Waals surface area contributed by atoms with Crippen molar-refractivity contribution in [3.8, 4) is 0 Å². The second-order valence-electron chi connectivity index (χ2n) is 6.92. The molecule has 1 aliphatic heterocycles. The number of carbonyl (C=O) groups is 1. The molecule has 1 saturated carbocycles. The Kier molecular flexibility index (Phi) is 4.09. The SMILES string of the molecule is CCC(CC)NC1C2CN(C(=O)OC(C)(C)C)CC21. The van der Waals surface area contributed by atoms with Crippen molar-refractivity contribution >= 4 is 6.09 Å². The summed E-state index contributed by atoms with van der Waals surface area (Å²) in [6.45, 7) is 11.9. The van der Waals surface area contributed by atoms with Gasteiger partial charge in [-0.25, -0.2) is 4.79 Å². The van der Waals surface area contributed by atoms with E-state index < -0.39 is 5.60 Å². The monoisotopic (exact) mass is 268 g/mol. The van der Waals surface area contributed by atoms with E-state index in [1.165, 1.54) is 12.8 Å². The summed E-state index contributed by atoms with van der Waals surface area (Å²) in [4.78, 5) is 13.8. The summed E-state index contributed by atoms with van der Waals surface area (Å²) >= 11 is 0. The molecule has 4 heteroatoms. The Morgan fingerprint density at radius 2 is 1.79 bits per heavy atom. The number of piperidine rings is 1. The van der Waals surface area contributed by atoms with E-state index in [2.05, 4.69) is 19.2 Å². The van der Waals surface area contributed by atoms with Gasteiger partial charge in [0.05, 0.1) is 0 Å². The Labute approximate surface area is 116 Å². The molecular formula is C15H28N2O2. The van der Waals surface area contributed by atoms with Crippen LogP contribution in [0.5, 0.6) is 0 Å². The van der Waals surface area contributed by atoms with Gasteiger partial charge < -0.3 is 15.0 Å². The van der Waals surface area contributed by atoms with Gasteiger partial charge >= 0.3 is 6.09 Å². The van der Waals surface area contributed by atoms with E-state index in [0.29, 0.717) is 23.9 Å². The van der Waals surface area contributed by atoms with E-state index in [0.717, 1.165) is 13.1 Å². The number of nitrogens with one attached hydrogen (secondary N) is 1. The molecule has 0 radical (unpaired) electrons. The normalized spacial score (nSPS) is 29.6. The first kappa shape index (κ1) is 14.6. The summed E-state index contributed by atoms with van der Waals surface area (Å²) in [5.41, 5.74) is -0.392. The average molecular weight is 268 g/mol. The molecule has 2 atom stereocenters. The molecule has 2 unspecified atom stereocenters. The van der Waals surface area contributed by atoms with Crippen LogP contribution in [0, 0.1) is 11.8 Å². The van der Waals surface area contributed by atoms with Crippen LogP contribution in [0.2, 0.25) is 0 Å². The first-order valence-corrected chi connectivity index (χ1v) is 7.59. The van der Waals surface area contributed by atoms with Gasteiger partial charge in [-0.1, -0.05) is 13.8 Å². The number of hydrogen-bond donors (Lipinski definition) is 1. The van der Waals surface area contributed by atoms with Gasteiger partial charge in [-0.3, -0.25) is 0 Å². The molecule has 1 heterocycles. The number of amides is 1. The largest absolute Gasteiger partial charge is 0.444 e. The van der Waals surface area contributed by atoms with Crippen LogP contribution >= 0.6 is 0 Å². The number of fused-ring (bicyclic) bond motifs is 1. The molecule has 0 aromatic heterocycles. The van der Waals surface area contributed by atoms with Crippen molar-refractivity contribution in [1.29, 1.82) is 0 Å². The summed E-state index contributed by atoms with van der Waals surface area (Å²) in [6, 6.07) is 1.26. The molecule has 0 aromatic carbocycles. The van der Waals surface area contributed by atoms with Gasteiger partial charge in [-0.2, -0.15) is 0 Å². The Bertz CT molecular complexity index is 322. The number of hydrogen-bond acceptors (Lipinski definition) is 3. The number of nitrogens with zero attached hydrogens (tertiary/aromatic N) is 1. The van der Waals surface area contributed by atoms with Crippen molar-refractivity contribution in [1.82, 2.24) is 10.2 Å². The molecule has 19 heavy (non-hydrogen) atoms. The van der Waals surface area contributed by atoms with Crippen LogP contribution in [0.3, 0.4) is 0 Å². The summed E-state index contributed by atoms with van der Waals surface area (Å²) < 4.78 is 5.42. The lowest BCUT2D eigenvalue weighted by atomic mass is 10.1. The number of likely N-dealkylation sites (tertiary alicyclic amines) is 1. The van der Waals surface area contributed by atoms with Gasteiger partial charge in [0.1, 0.15) is 5.60 Å². The summed E-state index contributed by atoms with van der Waals surface area (Å²) in [6.07, 6.45) is 2.21. The molecule has 2 rings (SSSR count). The molecule has 2 fully saturated rings. The zero-order valence-corrected chi connectivity index (χ0v) is 12.9. The van der Waals surface area contributed by atoms with Crippen LogP contribution in [-0.4, -0.2) is 41.8 Å². The maximum atomic E-state index is 12.0. The lowest BCUT2D eigenvalue weighted by molar-refractivity contribution is 0.0268. The van der Waals surface area contributed by atoms with Crippen LogP contribution in [-0.2, 0) is 4.74 Å². The van der Waals surface area contributed by atoms with Crippen molar-refractivity contribution in [3.05, 3.63) is 0 Å². The molecule has 0 bridgehead atoms. The highest BCUT2D eigenvalue weighted by Gasteiger charge is 2.57. The van der Waals surface area contributed by atoms with Crippen molar-refractivity contribution < 1.29 is 9.53 Å². The Morgan fingerprint density at radius 3 is 2.21 bits per heavy atom. The van der Waals surface area contributed by atoms with Crippen LogP contribution in [0.1, 0.15) is 47.5 Å². The van der Waals surface area contributed by atoms with Gasteiger partial charge in [0.2, 0.25) is 0 Å². The third-order valence-electron chi connectivity index (χ3n) is 4.26. The molecule has 4 nitrogen and oxygen atoms in total. The smallest absolute Gasteiger partial charge is 0.410 e. The zero-order chi connectivity index (χ0) is 14.2. The second kappa shape index (κ2) is 5.31. The number of rotatable bonds is 4. The topological polar surface area (TPSA) is 41.6 Å². The minimum atomic E-state index is -0.392. The Morgan fingerprint density at radius 1 is 1.26 bits per heavy atom. The second-order valence-corrected chi connectivity index (χ2v) is 6.92. The predicted octanol–water partition coefficient (Wildman–Crippen LogP) is 2.63. The van der Waals surface area contributed by atoms with E-state index in [1.807, 2.05) is 25.7 Å². The van der Waals surface area contributed by atoms with Gasteiger partial charge in [0.15, 0.2) is 0 Å². The van der Waals surface area contributed by atoms with Crippen molar-refractivity contribution in [2.24, 2.45) is 11.8 Å². The summed E-state index contributed by atoms with van der Waals surface area (Å²) in [5, 5.41) is 3.72. The van der Waals surface area contributed by atoms with Crippen molar-refractivity contribution in [2.45, 2.75) is 65.1 Å². The molecular weight excluding hydrogens is 240 g/mol. The van der Waals surface area contributed by atoms with E-state index in [9.17, 15) is 4.79 Å². The zero-order valence-electron chi connectivity index (χ0n) is 12.9. The molecule has 0 spiro atoms. The average Bonchev–Trinajstić information content (AvgIpc) is 2.75. The third kappa shape index (κ3) is 3.41. The number of carbonyl (C=O) groups excluding carboxylic acids is 1. The maximum absolute atomic E-state index is 12.0. The summed E-state index contributed by atoms with van der Waals surface area (Å²) in [5.74, 6) is 1.29. The standard InChI is InChI=1S/C15H28N2O2/c1-6-10(7-2)16-13-11-8-17(9-12(11)13)14(18)19-15(3,4)5/h10-13,16H,6-9H2,1-5H3. The van der Waals surface area contributed by atoms with Crippen LogP contribution in [0.15, 0.2) is 0 Å². The van der Waals surface area contributed by atoms with Crippen molar-refractivity contribution in [3.63, 3.8) is 0 Å². The van der Waals surface area contributed by atoms with E-state index in [4.69, 9.17) is 4.74 Å². The summed E-state index contributed by atoms with van der Waals surface area (Å²) in [7, 11) is 0. The van der Waals surface area contributed by atoms with Gasteiger partial charge in [-0.05, 0) is 45.4 Å². The number of ether oxygens (including phenoxy) is 1. The maximum Gasteiger partial charge on any atom is 0.410 e. The van der Waals surface area contributed by atoms with Crippen LogP contribution < -0.4 is 5.32 Å². The molecule has 0 aromatic rings. The van der Waals surface area contributed by atoms with Crippen LogP contribution in [0.25, 0.3) is 0 Å². The lowest BCUT2D eigenvalue weighted by Crippen LogP contribution is -2.41. The lowest BCUT2D eigenvalue weighted by Gasteiger charge is -2.26. The Hall–Kier alpha value is -0.770. The van der Waals surface area contributed by atoms with E-state index in [-0.39, 0.29) is 6.09 Å². The minimum Gasteiger partial charge on any atom is -0.444 e. The highest BCUT2D eigenvalue weighted by atomic mass is 16.6. The third-order valence-corrected chi connectivity index (χ3v) is 4.26. The fraction of sp³-hybridized carbons (Fsp3) is 0.933. The quantitative estimate of drug-likeness (QED) is 0.852. The van der Waals surface area contributed by atoms with Gasteiger partial charge in [-0.15, -0.1) is 0 Å². The van der Waals surface area contributed by atoms with E-state index >= 15 is 0 Å². The molecule has 1 N–H and O–H groups in total. The molecule has 1 saturated heterocycles. The first-order chi connectivity index (χ1) is 8.85. The van der Waals surface area contributed by atoms with Gasteiger partial charge in [0.25, 0.3) is 0 Å². The predicted molar refractivity (Wildman–Crippen MR) is 76.1 cm³/mol. The first-order valence-electron chi connectivity index (χ1n) is 7.59. The molecule has 110 valence electrons. The Balaban J connectivity index is 1.76. The van der Waals surface area contributed by atoms with E-state index in [1.54, 1.807) is 0 Å². The highest BCUT2D eigenvalue weighted by molar-refractivity contribution is 5.69. The van der Waals surface area contributed by atoms with Gasteiger partial charge in [0, 0.05) is 25.2 Å².